The van der Waals surface area contributed by atoms with Gasteiger partial charge < -0.3 is 19.8 Å². The number of carbonyl (C=O) groups excluding carboxylic acids is 2. The highest BCUT2D eigenvalue weighted by molar-refractivity contribution is 6.06. The Balaban J connectivity index is 1.71. The third-order valence-electron chi connectivity index (χ3n) is 4.36. The average Bonchev–Trinajstić information content (AvgIpc) is 3.02. The van der Waals surface area contributed by atoms with Gasteiger partial charge in [-0.2, -0.15) is 0 Å². The summed E-state index contributed by atoms with van der Waals surface area (Å²) in [6.45, 7) is 5.85. The molecular formula is C22H23N3O4. The van der Waals surface area contributed by atoms with Crippen LogP contribution in [0.4, 0.5) is 5.69 Å². The molecule has 1 amide bonds. The zero-order valence-electron chi connectivity index (χ0n) is 16.6. The Morgan fingerprint density at radius 1 is 1.17 bits per heavy atom. The molecule has 0 aliphatic carbocycles. The summed E-state index contributed by atoms with van der Waals surface area (Å²) in [5.41, 5.74) is 3.41. The molecule has 0 aliphatic heterocycles. The number of nitrogens with zero attached hydrogens (tertiary/aromatic N) is 1. The molecule has 7 nitrogen and oxygen atoms in total. The van der Waals surface area contributed by atoms with Crippen LogP contribution in [0.5, 0.6) is 5.75 Å². The summed E-state index contributed by atoms with van der Waals surface area (Å²) in [4.78, 5) is 31.9. The number of pyridine rings is 1. The SMILES string of the molecule is CCOC(=O)c1c(C)[nH]c(C(=O)Nc2cccc(OCc3cccnc3)c2)c1C. The minimum Gasteiger partial charge on any atom is -0.489 e. The Morgan fingerprint density at radius 2 is 2.00 bits per heavy atom. The van der Waals surface area contributed by atoms with Crippen LogP contribution in [0.25, 0.3) is 0 Å². The smallest absolute Gasteiger partial charge is 0.340 e. The molecule has 29 heavy (non-hydrogen) atoms. The normalized spacial score (nSPS) is 10.4. The van der Waals surface area contributed by atoms with E-state index in [9.17, 15) is 9.59 Å². The molecule has 7 heteroatoms. The van der Waals surface area contributed by atoms with Crippen LogP contribution in [0.2, 0.25) is 0 Å². The number of H-pyrrole nitrogens is 1. The van der Waals surface area contributed by atoms with E-state index in [-0.39, 0.29) is 12.5 Å². The average molecular weight is 393 g/mol. The number of nitrogens with one attached hydrogen (secondary N) is 2. The maximum absolute atomic E-state index is 12.7. The van der Waals surface area contributed by atoms with Gasteiger partial charge >= 0.3 is 5.97 Å². The van der Waals surface area contributed by atoms with E-state index < -0.39 is 5.97 Å². The summed E-state index contributed by atoms with van der Waals surface area (Å²) >= 11 is 0. The Kier molecular flexibility index (Phi) is 6.29. The molecule has 3 rings (SSSR count). The van der Waals surface area contributed by atoms with E-state index in [4.69, 9.17) is 9.47 Å². The first-order chi connectivity index (χ1) is 14.0. The first-order valence-corrected chi connectivity index (χ1v) is 9.29. The van der Waals surface area contributed by atoms with Crippen molar-refractivity contribution in [2.75, 3.05) is 11.9 Å². The number of aromatic nitrogens is 2. The molecule has 0 radical (unpaired) electrons. The lowest BCUT2D eigenvalue weighted by Gasteiger charge is -2.09. The van der Waals surface area contributed by atoms with Crippen LogP contribution < -0.4 is 10.1 Å². The second-order valence-electron chi connectivity index (χ2n) is 6.48. The topological polar surface area (TPSA) is 93.3 Å². The van der Waals surface area contributed by atoms with Gasteiger partial charge in [-0.15, -0.1) is 0 Å². The lowest BCUT2D eigenvalue weighted by molar-refractivity contribution is 0.0525. The van der Waals surface area contributed by atoms with Crippen LogP contribution in [0, 0.1) is 13.8 Å². The van der Waals surface area contributed by atoms with E-state index in [1.54, 1.807) is 51.4 Å². The van der Waals surface area contributed by atoms with Gasteiger partial charge in [-0.25, -0.2) is 4.79 Å². The Hall–Kier alpha value is -3.61. The maximum atomic E-state index is 12.7. The van der Waals surface area contributed by atoms with Gasteiger partial charge in [0.05, 0.1) is 12.2 Å². The van der Waals surface area contributed by atoms with E-state index in [1.165, 1.54) is 0 Å². The molecule has 0 spiro atoms. The summed E-state index contributed by atoms with van der Waals surface area (Å²) in [6, 6.07) is 10.9. The number of anilines is 1. The molecule has 2 heterocycles. The maximum Gasteiger partial charge on any atom is 0.340 e. The Labute approximate surface area is 169 Å². The minimum absolute atomic E-state index is 0.274. The van der Waals surface area contributed by atoms with Crippen molar-refractivity contribution in [2.24, 2.45) is 0 Å². The van der Waals surface area contributed by atoms with Gasteiger partial charge in [0.1, 0.15) is 18.1 Å². The van der Waals surface area contributed by atoms with Gasteiger partial charge in [0.15, 0.2) is 0 Å². The number of rotatable bonds is 7. The number of hydrogen-bond acceptors (Lipinski definition) is 5. The van der Waals surface area contributed by atoms with Crippen LogP contribution >= 0.6 is 0 Å². The number of amides is 1. The Bertz CT molecular complexity index is 1010. The summed E-state index contributed by atoms with van der Waals surface area (Å²) in [5, 5.41) is 2.83. The number of aryl methyl sites for hydroxylation is 1. The molecule has 0 unspecified atom stereocenters. The van der Waals surface area contributed by atoms with Gasteiger partial charge in [0, 0.05) is 35.4 Å². The van der Waals surface area contributed by atoms with Crippen molar-refractivity contribution in [2.45, 2.75) is 27.4 Å². The number of esters is 1. The fourth-order valence-corrected chi connectivity index (χ4v) is 2.99. The van der Waals surface area contributed by atoms with Crippen molar-refractivity contribution in [1.82, 2.24) is 9.97 Å². The van der Waals surface area contributed by atoms with E-state index >= 15 is 0 Å². The highest BCUT2D eigenvalue weighted by Gasteiger charge is 2.22. The number of hydrogen-bond donors (Lipinski definition) is 2. The van der Waals surface area contributed by atoms with Gasteiger partial charge in [0.2, 0.25) is 0 Å². The van der Waals surface area contributed by atoms with Crippen LogP contribution in [0.3, 0.4) is 0 Å². The lowest BCUT2D eigenvalue weighted by Crippen LogP contribution is -2.14. The third kappa shape index (κ3) is 4.82. The molecule has 1 aromatic carbocycles. The number of aromatic amines is 1. The molecule has 3 aromatic rings. The molecule has 0 atom stereocenters. The molecule has 0 saturated heterocycles. The molecule has 2 N–H and O–H groups in total. The molecule has 2 aromatic heterocycles. The quantitative estimate of drug-likeness (QED) is 0.591. The predicted molar refractivity (Wildman–Crippen MR) is 109 cm³/mol. The van der Waals surface area contributed by atoms with Crippen LogP contribution in [-0.2, 0) is 11.3 Å². The number of ether oxygens (including phenoxy) is 2. The van der Waals surface area contributed by atoms with Crippen molar-refractivity contribution < 1.29 is 19.1 Å². The lowest BCUT2D eigenvalue weighted by atomic mass is 10.1. The second-order valence-corrected chi connectivity index (χ2v) is 6.48. The van der Waals surface area contributed by atoms with E-state index in [2.05, 4.69) is 15.3 Å². The minimum atomic E-state index is -0.441. The van der Waals surface area contributed by atoms with Crippen LogP contribution in [-0.4, -0.2) is 28.5 Å². The third-order valence-corrected chi connectivity index (χ3v) is 4.36. The first-order valence-electron chi connectivity index (χ1n) is 9.29. The first kappa shape index (κ1) is 20.1. The van der Waals surface area contributed by atoms with Gasteiger partial charge in [-0.1, -0.05) is 12.1 Å². The monoisotopic (exact) mass is 393 g/mol. The number of carbonyl (C=O) groups is 2. The summed E-state index contributed by atoms with van der Waals surface area (Å²) in [7, 11) is 0. The van der Waals surface area contributed by atoms with E-state index in [1.807, 2.05) is 18.2 Å². The van der Waals surface area contributed by atoms with Crippen molar-refractivity contribution in [1.29, 1.82) is 0 Å². The molecule has 0 fully saturated rings. The highest BCUT2D eigenvalue weighted by Crippen LogP contribution is 2.22. The second kappa shape index (κ2) is 9.05. The van der Waals surface area contributed by atoms with E-state index in [0.29, 0.717) is 40.6 Å². The van der Waals surface area contributed by atoms with Crippen LogP contribution in [0.1, 0.15) is 44.6 Å². The zero-order valence-corrected chi connectivity index (χ0v) is 16.6. The number of benzene rings is 1. The zero-order chi connectivity index (χ0) is 20.8. The largest absolute Gasteiger partial charge is 0.489 e. The van der Waals surface area contributed by atoms with Crippen molar-refractivity contribution >= 4 is 17.6 Å². The van der Waals surface area contributed by atoms with Gasteiger partial charge in [-0.3, -0.25) is 9.78 Å². The molecule has 0 saturated carbocycles. The van der Waals surface area contributed by atoms with Crippen LogP contribution in [0.15, 0.2) is 48.8 Å². The van der Waals surface area contributed by atoms with Gasteiger partial charge in [-0.05, 0) is 44.5 Å². The van der Waals surface area contributed by atoms with Crippen molar-refractivity contribution in [3.8, 4) is 5.75 Å². The van der Waals surface area contributed by atoms with E-state index in [0.717, 1.165) is 5.56 Å². The molecule has 0 bridgehead atoms. The summed E-state index contributed by atoms with van der Waals surface area (Å²) in [6.07, 6.45) is 3.44. The molecule has 150 valence electrons. The Morgan fingerprint density at radius 3 is 2.72 bits per heavy atom. The summed E-state index contributed by atoms with van der Waals surface area (Å²) < 4.78 is 10.8. The highest BCUT2D eigenvalue weighted by atomic mass is 16.5. The fourth-order valence-electron chi connectivity index (χ4n) is 2.99. The van der Waals surface area contributed by atoms with Crippen molar-refractivity contribution in [3.63, 3.8) is 0 Å². The van der Waals surface area contributed by atoms with Crippen molar-refractivity contribution in [3.05, 3.63) is 76.9 Å². The standard InChI is InChI=1S/C22H23N3O4/c1-4-28-22(27)19-14(2)20(24-15(19)3)21(26)25-17-8-5-9-18(11-17)29-13-16-7-6-10-23-12-16/h5-12,24H,4,13H2,1-3H3,(H,25,26). The predicted octanol–water partition coefficient (Wildman–Crippen LogP) is 4.03. The molecule has 0 aliphatic rings. The fraction of sp³-hybridized carbons (Fsp3) is 0.227. The summed E-state index contributed by atoms with van der Waals surface area (Å²) in [5.74, 6) is -0.160. The molecular weight excluding hydrogens is 370 g/mol. The van der Waals surface area contributed by atoms with Gasteiger partial charge in [0.25, 0.3) is 5.91 Å².